The normalized spacial score (nSPS) is 11.6. The van der Waals surface area contributed by atoms with Crippen LogP contribution in [0.15, 0.2) is 47.5 Å². The highest BCUT2D eigenvalue weighted by molar-refractivity contribution is 5.88. The SMILES string of the molecule is O=C(O)Nc1ccc2ncn(Cc3ccc(F)c(C(F)(F)F)c3)c(=O)c2c1. The Labute approximate surface area is 148 Å². The Kier molecular flexibility index (Phi) is 4.56. The van der Waals surface area contributed by atoms with Crippen molar-refractivity contribution in [3.8, 4) is 0 Å². The van der Waals surface area contributed by atoms with Crippen molar-refractivity contribution in [2.75, 3.05) is 5.32 Å². The summed E-state index contributed by atoms with van der Waals surface area (Å²) in [5.74, 6) is -1.40. The van der Waals surface area contributed by atoms with Crippen LogP contribution < -0.4 is 10.9 Å². The quantitative estimate of drug-likeness (QED) is 0.678. The second kappa shape index (κ2) is 6.71. The van der Waals surface area contributed by atoms with E-state index < -0.39 is 29.2 Å². The zero-order valence-corrected chi connectivity index (χ0v) is 13.4. The lowest BCUT2D eigenvalue weighted by atomic mass is 10.1. The zero-order chi connectivity index (χ0) is 19.8. The van der Waals surface area contributed by atoms with Crippen molar-refractivity contribution in [1.29, 1.82) is 0 Å². The molecule has 0 aliphatic carbocycles. The van der Waals surface area contributed by atoms with Gasteiger partial charge >= 0.3 is 12.3 Å². The number of benzene rings is 2. The average molecular weight is 381 g/mol. The molecule has 27 heavy (non-hydrogen) atoms. The fourth-order valence-corrected chi connectivity index (χ4v) is 2.56. The van der Waals surface area contributed by atoms with Gasteiger partial charge in [0.05, 0.1) is 29.3 Å². The van der Waals surface area contributed by atoms with Crippen LogP contribution in [-0.2, 0) is 12.7 Å². The van der Waals surface area contributed by atoms with Crippen LogP contribution in [0.1, 0.15) is 11.1 Å². The molecule has 0 atom stereocenters. The van der Waals surface area contributed by atoms with Crippen LogP contribution in [0.25, 0.3) is 10.9 Å². The third-order valence-corrected chi connectivity index (χ3v) is 3.76. The number of fused-ring (bicyclic) bond motifs is 1. The summed E-state index contributed by atoms with van der Waals surface area (Å²) in [6, 6.07) is 6.60. The van der Waals surface area contributed by atoms with E-state index in [9.17, 15) is 27.2 Å². The summed E-state index contributed by atoms with van der Waals surface area (Å²) < 4.78 is 52.9. The lowest BCUT2D eigenvalue weighted by molar-refractivity contribution is -0.140. The van der Waals surface area contributed by atoms with E-state index in [1.54, 1.807) is 0 Å². The van der Waals surface area contributed by atoms with Gasteiger partial charge < -0.3 is 5.11 Å². The number of nitrogens with zero attached hydrogens (tertiary/aromatic N) is 2. The lowest BCUT2D eigenvalue weighted by Gasteiger charge is -2.11. The molecule has 2 N–H and O–H groups in total. The summed E-state index contributed by atoms with van der Waals surface area (Å²) in [5.41, 5.74) is -1.50. The first kappa shape index (κ1) is 18.4. The van der Waals surface area contributed by atoms with Gasteiger partial charge in [-0.2, -0.15) is 13.2 Å². The van der Waals surface area contributed by atoms with Gasteiger partial charge in [-0.1, -0.05) is 6.07 Å². The summed E-state index contributed by atoms with van der Waals surface area (Å²) in [4.78, 5) is 27.3. The number of rotatable bonds is 3. The van der Waals surface area contributed by atoms with E-state index in [1.807, 2.05) is 0 Å². The van der Waals surface area contributed by atoms with Crippen molar-refractivity contribution in [3.05, 3.63) is 70.0 Å². The molecule has 6 nitrogen and oxygen atoms in total. The Hall–Kier alpha value is -3.43. The van der Waals surface area contributed by atoms with Crippen LogP contribution in [0.5, 0.6) is 0 Å². The maximum atomic E-state index is 13.4. The van der Waals surface area contributed by atoms with Crippen LogP contribution in [-0.4, -0.2) is 20.8 Å². The number of aromatic nitrogens is 2. The summed E-state index contributed by atoms with van der Waals surface area (Å²) in [7, 11) is 0. The smallest absolute Gasteiger partial charge is 0.419 e. The molecule has 140 valence electrons. The number of alkyl halides is 3. The molecular formula is C17H11F4N3O3. The van der Waals surface area contributed by atoms with Gasteiger partial charge in [-0.3, -0.25) is 14.7 Å². The van der Waals surface area contributed by atoms with E-state index in [1.165, 1.54) is 18.2 Å². The van der Waals surface area contributed by atoms with E-state index in [-0.39, 0.29) is 23.2 Å². The van der Waals surface area contributed by atoms with Crippen molar-refractivity contribution < 1.29 is 27.5 Å². The average Bonchev–Trinajstić information content (AvgIpc) is 2.58. The minimum atomic E-state index is -4.86. The molecule has 0 aliphatic heterocycles. The summed E-state index contributed by atoms with van der Waals surface area (Å²) in [5, 5.41) is 10.9. The van der Waals surface area contributed by atoms with Crippen LogP contribution in [0.4, 0.5) is 28.0 Å². The van der Waals surface area contributed by atoms with E-state index in [4.69, 9.17) is 5.11 Å². The fraction of sp³-hybridized carbons (Fsp3) is 0.118. The molecule has 0 fully saturated rings. The van der Waals surface area contributed by atoms with Crippen LogP contribution >= 0.6 is 0 Å². The number of nitrogens with one attached hydrogen (secondary N) is 1. The molecule has 0 aliphatic rings. The van der Waals surface area contributed by atoms with Gasteiger partial charge in [-0.05, 0) is 35.9 Å². The molecule has 0 saturated heterocycles. The van der Waals surface area contributed by atoms with Gasteiger partial charge in [-0.25, -0.2) is 14.2 Å². The Balaban J connectivity index is 2.01. The van der Waals surface area contributed by atoms with Crippen molar-refractivity contribution in [2.24, 2.45) is 0 Å². The molecule has 1 heterocycles. The highest BCUT2D eigenvalue weighted by Gasteiger charge is 2.34. The van der Waals surface area contributed by atoms with Gasteiger partial charge in [0.15, 0.2) is 0 Å². The standard InChI is InChI=1S/C17H11F4N3O3/c18-13-3-1-9(5-12(13)17(19,20)21)7-24-8-22-14-4-2-10(23-16(26)27)6-11(14)15(24)25/h1-6,8,23H,7H2,(H,26,27). The molecule has 1 amide bonds. The van der Waals surface area contributed by atoms with Crippen LogP contribution in [0, 0.1) is 5.82 Å². The van der Waals surface area contributed by atoms with Crippen molar-refractivity contribution in [2.45, 2.75) is 12.7 Å². The molecule has 3 rings (SSSR count). The second-order valence-electron chi connectivity index (χ2n) is 5.65. The molecule has 0 unspecified atom stereocenters. The Morgan fingerprint density at radius 3 is 2.59 bits per heavy atom. The van der Waals surface area contributed by atoms with E-state index >= 15 is 0 Å². The topological polar surface area (TPSA) is 84.2 Å². The number of carbonyl (C=O) groups is 1. The second-order valence-corrected chi connectivity index (χ2v) is 5.65. The first-order valence-corrected chi connectivity index (χ1v) is 7.50. The molecule has 0 saturated carbocycles. The number of carboxylic acid groups (broad SMARTS) is 1. The van der Waals surface area contributed by atoms with Crippen molar-refractivity contribution in [1.82, 2.24) is 9.55 Å². The first-order valence-electron chi connectivity index (χ1n) is 7.50. The Morgan fingerprint density at radius 2 is 1.93 bits per heavy atom. The highest BCUT2D eigenvalue weighted by atomic mass is 19.4. The molecule has 10 heteroatoms. The maximum absolute atomic E-state index is 13.4. The third kappa shape index (κ3) is 3.89. The number of halogens is 4. The molecule has 1 aromatic heterocycles. The Bertz CT molecular complexity index is 1090. The minimum Gasteiger partial charge on any atom is -0.465 e. The fourth-order valence-electron chi connectivity index (χ4n) is 2.56. The number of amides is 1. The molecule has 0 bridgehead atoms. The van der Waals surface area contributed by atoms with Gasteiger partial charge in [0.1, 0.15) is 5.82 Å². The third-order valence-electron chi connectivity index (χ3n) is 3.76. The van der Waals surface area contributed by atoms with Gasteiger partial charge in [0, 0.05) is 5.69 Å². The van der Waals surface area contributed by atoms with Crippen LogP contribution in [0.3, 0.4) is 0 Å². The van der Waals surface area contributed by atoms with Gasteiger partial charge in [0.2, 0.25) is 0 Å². The summed E-state index contributed by atoms with van der Waals surface area (Å²) in [6.45, 7) is -0.262. The predicted octanol–water partition coefficient (Wildman–Crippen LogP) is 3.69. The zero-order valence-electron chi connectivity index (χ0n) is 13.4. The summed E-state index contributed by atoms with van der Waals surface area (Å²) >= 11 is 0. The van der Waals surface area contributed by atoms with Crippen molar-refractivity contribution >= 4 is 22.7 Å². The molecule has 3 aromatic rings. The van der Waals surface area contributed by atoms with E-state index in [2.05, 4.69) is 10.3 Å². The molecule has 2 aromatic carbocycles. The number of hydrogen-bond acceptors (Lipinski definition) is 3. The van der Waals surface area contributed by atoms with Gasteiger partial charge in [-0.15, -0.1) is 0 Å². The first-order chi connectivity index (χ1) is 12.6. The highest BCUT2D eigenvalue weighted by Crippen LogP contribution is 2.32. The Morgan fingerprint density at radius 1 is 1.19 bits per heavy atom. The molecule has 0 spiro atoms. The predicted molar refractivity (Wildman–Crippen MR) is 88.2 cm³/mol. The summed E-state index contributed by atoms with van der Waals surface area (Å²) in [6.07, 6.45) is -5.01. The molecular weight excluding hydrogens is 370 g/mol. The van der Waals surface area contributed by atoms with E-state index in [0.717, 1.165) is 17.0 Å². The largest absolute Gasteiger partial charge is 0.465 e. The van der Waals surface area contributed by atoms with Crippen molar-refractivity contribution in [3.63, 3.8) is 0 Å². The van der Waals surface area contributed by atoms with Crippen LogP contribution in [0.2, 0.25) is 0 Å². The van der Waals surface area contributed by atoms with E-state index in [0.29, 0.717) is 17.6 Å². The molecule has 0 radical (unpaired) electrons. The lowest BCUT2D eigenvalue weighted by Crippen LogP contribution is -2.22. The maximum Gasteiger partial charge on any atom is 0.419 e. The monoisotopic (exact) mass is 381 g/mol. The number of anilines is 1. The van der Waals surface area contributed by atoms with Gasteiger partial charge in [0.25, 0.3) is 5.56 Å². The minimum absolute atomic E-state index is 0.0618. The number of hydrogen-bond donors (Lipinski definition) is 2.